The van der Waals surface area contributed by atoms with E-state index >= 15 is 0 Å². The Hall–Kier alpha value is -2.67. The molecule has 1 saturated heterocycles. The summed E-state index contributed by atoms with van der Waals surface area (Å²) in [6.45, 7) is 1.39. The standard InChI is InChI=1S/C18H21N3O4/c1-24-18(23)17(22)13-7-9-21(10-8-13)15-11-16(20-12-19-15)25-14-5-3-2-4-6-14/h2-6,11-13,17,22H,7-10H2,1H3. The first kappa shape index (κ1) is 17.2. The van der Waals surface area contributed by atoms with Gasteiger partial charge in [-0.15, -0.1) is 0 Å². The molecule has 3 rings (SSSR count). The van der Waals surface area contributed by atoms with Gasteiger partial charge in [-0.25, -0.2) is 14.8 Å². The van der Waals surface area contributed by atoms with Crippen LogP contribution in [0.25, 0.3) is 0 Å². The number of rotatable bonds is 5. The molecule has 0 spiro atoms. The van der Waals surface area contributed by atoms with Crippen LogP contribution in [0.2, 0.25) is 0 Å². The highest BCUT2D eigenvalue weighted by atomic mass is 16.5. The van der Waals surface area contributed by atoms with Crippen molar-refractivity contribution in [3.05, 3.63) is 42.7 Å². The number of aliphatic hydroxyl groups is 1. The Balaban J connectivity index is 1.62. The SMILES string of the molecule is COC(=O)C(O)C1CCN(c2cc(Oc3ccccc3)ncn2)CC1. The maximum atomic E-state index is 11.5. The molecule has 1 atom stereocenters. The number of nitrogens with zero attached hydrogens (tertiary/aromatic N) is 3. The van der Waals surface area contributed by atoms with Gasteiger partial charge in [-0.2, -0.15) is 0 Å². The predicted molar refractivity (Wildman–Crippen MR) is 91.5 cm³/mol. The second kappa shape index (κ2) is 7.94. The van der Waals surface area contributed by atoms with Crippen molar-refractivity contribution in [2.24, 2.45) is 5.92 Å². The number of ether oxygens (including phenoxy) is 2. The summed E-state index contributed by atoms with van der Waals surface area (Å²) in [4.78, 5) is 22.0. The van der Waals surface area contributed by atoms with Crippen molar-refractivity contribution in [3.8, 4) is 11.6 Å². The largest absolute Gasteiger partial charge is 0.467 e. The molecule has 1 N–H and O–H groups in total. The lowest BCUT2D eigenvalue weighted by Crippen LogP contribution is -2.41. The van der Waals surface area contributed by atoms with Crippen molar-refractivity contribution in [3.63, 3.8) is 0 Å². The van der Waals surface area contributed by atoms with Gasteiger partial charge in [-0.1, -0.05) is 18.2 Å². The number of carbonyl (C=O) groups excluding carboxylic acids is 1. The smallest absolute Gasteiger partial charge is 0.334 e. The molecule has 0 saturated carbocycles. The minimum absolute atomic E-state index is 0.0921. The van der Waals surface area contributed by atoms with Crippen LogP contribution in [0.5, 0.6) is 11.6 Å². The number of benzene rings is 1. The van der Waals surface area contributed by atoms with E-state index in [-0.39, 0.29) is 5.92 Å². The minimum atomic E-state index is -1.06. The zero-order valence-electron chi connectivity index (χ0n) is 14.0. The van der Waals surface area contributed by atoms with Crippen LogP contribution >= 0.6 is 0 Å². The summed E-state index contributed by atoms with van der Waals surface area (Å²) in [5, 5.41) is 9.97. The highest BCUT2D eigenvalue weighted by molar-refractivity contribution is 5.74. The van der Waals surface area contributed by atoms with E-state index in [1.54, 1.807) is 6.07 Å². The molecule has 1 aliphatic heterocycles. The summed E-state index contributed by atoms with van der Waals surface area (Å²) in [6.07, 6.45) is 1.79. The lowest BCUT2D eigenvalue weighted by atomic mass is 9.91. The molecule has 0 amide bonds. The molecule has 1 aromatic heterocycles. The van der Waals surface area contributed by atoms with Crippen molar-refractivity contribution >= 4 is 11.8 Å². The first-order valence-corrected chi connectivity index (χ1v) is 8.23. The Labute approximate surface area is 146 Å². The van der Waals surface area contributed by atoms with E-state index in [2.05, 4.69) is 19.6 Å². The number of esters is 1. The Morgan fingerprint density at radius 1 is 1.24 bits per heavy atom. The molecule has 25 heavy (non-hydrogen) atoms. The number of aromatic nitrogens is 2. The molecule has 1 aliphatic rings. The van der Waals surface area contributed by atoms with Gasteiger partial charge in [0.25, 0.3) is 0 Å². The van der Waals surface area contributed by atoms with Crippen LogP contribution in [0.15, 0.2) is 42.7 Å². The highest BCUT2D eigenvalue weighted by Gasteiger charge is 2.30. The molecule has 0 radical (unpaired) electrons. The van der Waals surface area contributed by atoms with E-state index in [0.717, 1.165) is 5.82 Å². The van der Waals surface area contributed by atoms with Crippen LogP contribution in [0.3, 0.4) is 0 Å². The molecular weight excluding hydrogens is 322 g/mol. The quantitative estimate of drug-likeness (QED) is 0.831. The van der Waals surface area contributed by atoms with E-state index < -0.39 is 12.1 Å². The maximum Gasteiger partial charge on any atom is 0.334 e. The number of methoxy groups -OCH3 is 1. The molecular formula is C18H21N3O4. The summed E-state index contributed by atoms with van der Waals surface area (Å²) >= 11 is 0. The molecule has 1 fully saturated rings. The Morgan fingerprint density at radius 2 is 1.96 bits per heavy atom. The van der Waals surface area contributed by atoms with Crippen molar-refractivity contribution in [2.75, 3.05) is 25.1 Å². The average Bonchev–Trinajstić information content (AvgIpc) is 2.68. The second-order valence-corrected chi connectivity index (χ2v) is 5.92. The van der Waals surface area contributed by atoms with Gasteiger partial charge in [-0.3, -0.25) is 0 Å². The molecule has 0 bridgehead atoms. The van der Waals surface area contributed by atoms with Gasteiger partial charge in [0.1, 0.15) is 17.9 Å². The summed E-state index contributed by atoms with van der Waals surface area (Å²) in [5.74, 6) is 1.30. The topological polar surface area (TPSA) is 84.8 Å². The Kier molecular flexibility index (Phi) is 5.45. The van der Waals surface area contributed by atoms with Crippen LogP contribution in [-0.2, 0) is 9.53 Å². The molecule has 1 aromatic carbocycles. The van der Waals surface area contributed by atoms with Gasteiger partial charge in [0.05, 0.1) is 7.11 Å². The lowest BCUT2D eigenvalue weighted by molar-refractivity contribution is -0.153. The molecule has 7 heteroatoms. The number of para-hydroxylation sites is 1. The number of carbonyl (C=O) groups is 1. The minimum Gasteiger partial charge on any atom is -0.467 e. The van der Waals surface area contributed by atoms with Crippen LogP contribution in [0, 0.1) is 5.92 Å². The number of anilines is 1. The third kappa shape index (κ3) is 4.24. The van der Waals surface area contributed by atoms with Crippen LogP contribution in [0.4, 0.5) is 5.82 Å². The number of hydrogen-bond donors (Lipinski definition) is 1. The summed E-state index contributed by atoms with van der Waals surface area (Å²) < 4.78 is 10.3. The zero-order valence-corrected chi connectivity index (χ0v) is 14.0. The van der Waals surface area contributed by atoms with Crippen LogP contribution < -0.4 is 9.64 Å². The van der Waals surface area contributed by atoms with E-state index in [0.29, 0.717) is 37.6 Å². The summed E-state index contributed by atoms with van der Waals surface area (Å²) in [6, 6.07) is 11.2. The molecule has 2 heterocycles. The van der Waals surface area contributed by atoms with Crippen molar-refractivity contribution in [1.82, 2.24) is 9.97 Å². The number of piperidine rings is 1. The van der Waals surface area contributed by atoms with Gasteiger partial charge >= 0.3 is 5.97 Å². The molecule has 7 nitrogen and oxygen atoms in total. The van der Waals surface area contributed by atoms with E-state index in [1.165, 1.54) is 13.4 Å². The fraction of sp³-hybridized carbons (Fsp3) is 0.389. The van der Waals surface area contributed by atoms with Crippen molar-refractivity contribution in [1.29, 1.82) is 0 Å². The normalized spacial score (nSPS) is 16.3. The van der Waals surface area contributed by atoms with E-state index in [1.807, 2.05) is 30.3 Å². The average molecular weight is 343 g/mol. The lowest BCUT2D eigenvalue weighted by Gasteiger charge is -2.34. The summed E-state index contributed by atoms with van der Waals surface area (Å²) in [7, 11) is 1.29. The van der Waals surface area contributed by atoms with Gasteiger partial charge in [0.2, 0.25) is 5.88 Å². The zero-order chi connectivity index (χ0) is 17.6. The van der Waals surface area contributed by atoms with E-state index in [9.17, 15) is 9.90 Å². The Bertz CT molecular complexity index is 702. The van der Waals surface area contributed by atoms with Crippen molar-refractivity contribution < 1.29 is 19.4 Å². The number of aliphatic hydroxyl groups excluding tert-OH is 1. The van der Waals surface area contributed by atoms with Crippen LogP contribution in [0.1, 0.15) is 12.8 Å². The van der Waals surface area contributed by atoms with Crippen molar-refractivity contribution in [2.45, 2.75) is 18.9 Å². The predicted octanol–water partition coefficient (Wildman–Crippen LogP) is 2.02. The second-order valence-electron chi connectivity index (χ2n) is 5.92. The van der Waals surface area contributed by atoms with Gasteiger partial charge < -0.3 is 19.5 Å². The molecule has 1 unspecified atom stereocenters. The number of hydrogen-bond acceptors (Lipinski definition) is 7. The fourth-order valence-electron chi connectivity index (χ4n) is 2.93. The first-order valence-electron chi connectivity index (χ1n) is 8.23. The first-order chi connectivity index (χ1) is 12.2. The van der Waals surface area contributed by atoms with Gasteiger partial charge in [-0.05, 0) is 30.9 Å². The van der Waals surface area contributed by atoms with Gasteiger partial charge in [0, 0.05) is 19.2 Å². The van der Waals surface area contributed by atoms with Crippen LogP contribution in [-0.4, -0.2) is 47.3 Å². The maximum absolute atomic E-state index is 11.5. The summed E-state index contributed by atoms with van der Waals surface area (Å²) in [5.41, 5.74) is 0. The third-order valence-electron chi connectivity index (χ3n) is 4.35. The molecule has 0 aliphatic carbocycles. The van der Waals surface area contributed by atoms with E-state index in [4.69, 9.17) is 4.74 Å². The third-order valence-corrected chi connectivity index (χ3v) is 4.35. The molecule has 2 aromatic rings. The molecule has 132 valence electrons. The van der Waals surface area contributed by atoms with Gasteiger partial charge in [0.15, 0.2) is 6.10 Å². The monoisotopic (exact) mass is 343 g/mol. The fourth-order valence-corrected chi connectivity index (χ4v) is 2.93. The Morgan fingerprint density at radius 3 is 2.64 bits per heavy atom. The highest BCUT2D eigenvalue weighted by Crippen LogP contribution is 2.27.